The first-order chi connectivity index (χ1) is 7.66. The van der Waals surface area contributed by atoms with Crippen molar-refractivity contribution in [3.63, 3.8) is 0 Å². The van der Waals surface area contributed by atoms with Crippen LogP contribution in [0.5, 0.6) is 0 Å². The van der Waals surface area contributed by atoms with Crippen molar-refractivity contribution in [1.82, 2.24) is 4.90 Å². The van der Waals surface area contributed by atoms with Gasteiger partial charge in [-0.15, -0.1) is 0 Å². The number of likely N-dealkylation sites (tertiary alicyclic amines) is 1. The molecule has 3 nitrogen and oxygen atoms in total. The van der Waals surface area contributed by atoms with Gasteiger partial charge in [-0.1, -0.05) is 31.5 Å². The van der Waals surface area contributed by atoms with Crippen molar-refractivity contribution in [2.45, 2.75) is 39.0 Å². The molecule has 0 bridgehead atoms. The van der Waals surface area contributed by atoms with Gasteiger partial charge >= 0.3 is 0 Å². The van der Waals surface area contributed by atoms with E-state index < -0.39 is 0 Å². The van der Waals surface area contributed by atoms with Crippen molar-refractivity contribution >= 4 is 17.2 Å². The Morgan fingerprint density at radius 3 is 2.12 bits per heavy atom. The molecule has 1 aliphatic rings. The summed E-state index contributed by atoms with van der Waals surface area (Å²) in [6.07, 6.45) is 6.26. The quantitative estimate of drug-likeness (QED) is 0.455. The Labute approximate surface area is 103 Å². The molecule has 0 unspecified atom stereocenters. The number of rotatable bonds is 2. The largest absolute Gasteiger partial charge is 0.389 e. The smallest absolute Gasteiger partial charge is 0.116 e. The zero-order chi connectivity index (χ0) is 12.0. The second-order valence-corrected chi connectivity index (χ2v) is 4.63. The van der Waals surface area contributed by atoms with Gasteiger partial charge in [0.2, 0.25) is 0 Å². The monoisotopic (exact) mass is 237 g/mol. The van der Waals surface area contributed by atoms with E-state index in [4.69, 9.17) is 23.2 Å². The Morgan fingerprint density at radius 1 is 1.19 bits per heavy atom. The molecule has 1 fully saturated rings. The van der Waals surface area contributed by atoms with Crippen LogP contribution in [0.1, 0.15) is 39.0 Å². The van der Waals surface area contributed by atoms with Gasteiger partial charge in [-0.25, -0.2) is 0 Å². The molecule has 0 spiro atoms. The fourth-order valence-corrected chi connectivity index (χ4v) is 2.25. The Hall–Kier alpha value is -1.08. The summed E-state index contributed by atoms with van der Waals surface area (Å²) >= 11 is 4.89. The molecule has 2 N–H and O–H groups in total. The highest BCUT2D eigenvalue weighted by molar-refractivity contribution is 7.80. The van der Waals surface area contributed by atoms with E-state index in [2.05, 4.69) is 11.0 Å². The first-order valence-corrected chi connectivity index (χ1v) is 6.23. The lowest BCUT2D eigenvalue weighted by molar-refractivity contribution is 0.305. The van der Waals surface area contributed by atoms with Crippen molar-refractivity contribution < 1.29 is 0 Å². The van der Waals surface area contributed by atoms with E-state index in [1.807, 2.05) is 6.92 Å². The number of thiocarbonyl (C=S) groups is 1. The Kier molecular flexibility index (Phi) is 5.27. The number of nitrogens with two attached hydrogens (primary N) is 1. The van der Waals surface area contributed by atoms with E-state index in [0.29, 0.717) is 5.57 Å². The molecule has 0 radical (unpaired) electrons. The molecule has 16 heavy (non-hydrogen) atoms. The third kappa shape index (κ3) is 3.49. The molecule has 1 aliphatic heterocycles. The normalized spacial score (nSPS) is 19.1. The molecule has 1 rings (SSSR count). The van der Waals surface area contributed by atoms with Crippen LogP contribution in [-0.4, -0.2) is 23.0 Å². The molecule has 0 aromatic carbocycles. The van der Waals surface area contributed by atoms with Gasteiger partial charge < -0.3 is 10.6 Å². The zero-order valence-electron chi connectivity index (χ0n) is 9.83. The summed E-state index contributed by atoms with van der Waals surface area (Å²) in [7, 11) is 0. The van der Waals surface area contributed by atoms with E-state index in [1.54, 1.807) is 0 Å². The summed E-state index contributed by atoms with van der Waals surface area (Å²) in [5, 5.41) is 9.02. The molecule has 0 aromatic heterocycles. The minimum Gasteiger partial charge on any atom is -0.389 e. The summed E-state index contributed by atoms with van der Waals surface area (Å²) in [6.45, 7) is 3.97. The third-order valence-electron chi connectivity index (χ3n) is 3.05. The maximum absolute atomic E-state index is 9.02. The van der Waals surface area contributed by atoms with Crippen LogP contribution in [0.3, 0.4) is 0 Å². The number of hydrogen-bond acceptors (Lipinski definition) is 3. The van der Waals surface area contributed by atoms with E-state index in [1.165, 1.54) is 32.1 Å². The van der Waals surface area contributed by atoms with Gasteiger partial charge in [0.1, 0.15) is 16.6 Å². The van der Waals surface area contributed by atoms with Crippen LogP contribution in [0.2, 0.25) is 0 Å². The average molecular weight is 237 g/mol. The van der Waals surface area contributed by atoms with Crippen molar-refractivity contribution in [2.75, 3.05) is 13.1 Å². The average Bonchev–Trinajstić information content (AvgIpc) is 2.16. The van der Waals surface area contributed by atoms with Gasteiger partial charge in [0.05, 0.1) is 0 Å². The molecule has 0 aliphatic carbocycles. The van der Waals surface area contributed by atoms with Crippen molar-refractivity contribution in [2.24, 2.45) is 5.73 Å². The number of allylic oxidation sites excluding steroid dienone is 1. The van der Waals surface area contributed by atoms with Gasteiger partial charge in [-0.3, -0.25) is 0 Å². The fourth-order valence-electron chi connectivity index (χ4n) is 2.06. The minimum atomic E-state index is 0.210. The summed E-state index contributed by atoms with van der Waals surface area (Å²) in [5.74, 6) is 0. The van der Waals surface area contributed by atoms with Crippen LogP contribution >= 0.6 is 12.2 Å². The van der Waals surface area contributed by atoms with E-state index in [9.17, 15) is 0 Å². The molecule has 0 aromatic rings. The van der Waals surface area contributed by atoms with Gasteiger partial charge in [-0.2, -0.15) is 5.26 Å². The molecule has 1 heterocycles. The summed E-state index contributed by atoms with van der Waals surface area (Å²) in [5.41, 5.74) is 6.96. The summed E-state index contributed by atoms with van der Waals surface area (Å²) < 4.78 is 0. The molecule has 0 atom stereocenters. The molecule has 88 valence electrons. The lowest BCUT2D eigenvalue weighted by Crippen LogP contribution is -2.28. The van der Waals surface area contributed by atoms with E-state index >= 15 is 0 Å². The maximum atomic E-state index is 9.02. The van der Waals surface area contributed by atoms with Crippen LogP contribution in [-0.2, 0) is 0 Å². The second kappa shape index (κ2) is 6.49. The molecular weight excluding hydrogens is 218 g/mol. The standard InChI is InChI=1S/C12H19N3S/c1-10(11(9-13)12(14)16)15-7-5-3-2-4-6-8-15/h2-8H2,1H3,(H2,14,16)/b11-10+. The highest BCUT2D eigenvalue weighted by Crippen LogP contribution is 2.17. The Morgan fingerprint density at radius 2 is 1.69 bits per heavy atom. The van der Waals surface area contributed by atoms with E-state index in [0.717, 1.165) is 18.8 Å². The molecular formula is C12H19N3S. The Balaban J connectivity index is 2.80. The number of hydrogen-bond donors (Lipinski definition) is 1. The lowest BCUT2D eigenvalue weighted by atomic mass is 10.1. The maximum Gasteiger partial charge on any atom is 0.116 e. The zero-order valence-corrected chi connectivity index (χ0v) is 10.6. The first kappa shape index (κ1) is 13.0. The van der Waals surface area contributed by atoms with Crippen molar-refractivity contribution in [3.8, 4) is 6.07 Å². The van der Waals surface area contributed by atoms with Crippen LogP contribution in [0.25, 0.3) is 0 Å². The predicted octanol–water partition coefficient (Wildman–Crippen LogP) is 2.34. The summed E-state index contributed by atoms with van der Waals surface area (Å²) in [4.78, 5) is 2.46. The minimum absolute atomic E-state index is 0.210. The molecule has 0 amide bonds. The SMILES string of the molecule is C/C(=C(/C#N)C(N)=S)N1CCCCCCC1. The molecule has 4 heteroatoms. The van der Waals surface area contributed by atoms with Gasteiger partial charge in [0.25, 0.3) is 0 Å². The Bertz CT molecular complexity index is 320. The van der Waals surface area contributed by atoms with Crippen LogP contribution in [0.4, 0.5) is 0 Å². The van der Waals surface area contributed by atoms with Gasteiger partial charge in [0, 0.05) is 18.8 Å². The van der Waals surface area contributed by atoms with Crippen molar-refractivity contribution in [1.29, 1.82) is 5.26 Å². The predicted molar refractivity (Wildman–Crippen MR) is 69.8 cm³/mol. The second-order valence-electron chi connectivity index (χ2n) is 4.19. The molecule has 1 saturated heterocycles. The lowest BCUT2D eigenvalue weighted by Gasteiger charge is -2.28. The van der Waals surface area contributed by atoms with Gasteiger partial charge in [-0.05, 0) is 19.8 Å². The van der Waals surface area contributed by atoms with Crippen LogP contribution in [0.15, 0.2) is 11.3 Å². The fraction of sp³-hybridized carbons (Fsp3) is 0.667. The molecule has 0 saturated carbocycles. The van der Waals surface area contributed by atoms with Crippen LogP contribution < -0.4 is 5.73 Å². The topological polar surface area (TPSA) is 53.1 Å². The number of nitrogens with zero attached hydrogens (tertiary/aromatic N) is 2. The third-order valence-corrected chi connectivity index (χ3v) is 3.25. The number of nitriles is 1. The first-order valence-electron chi connectivity index (χ1n) is 5.82. The highest BCUT2D eigenvalue weighted by atomic mass is 32.1. The highest BCUT2D eigenvalue weighted by Gasteiger charge is 2.13. The van der Waals surface area contributed by atoms with Gasteiger partial charge in [0.15, 0.2) is 0 Å². The van der Waals surface area contributed by atoms with Crippen molar-refractivity contribution in [3.05, 3.63) is 11.3 Å². The van der Waals surface area contributed by atoms with E-state index in [-0.39, 0.29) is 4.99 Å². The van der Waals surface area contributed by atoms with Crippen LogP contribution in [0, 0.1) is 11.3 Å². The summed E-state index contributed by atoms with van der Waals surface area (Å²) in [6, 6.07) is 2.11.